The van der Waals surface area contributed by atoms with Gasteiger partial charge in [0.1, 0.15) is 5.75 Å². The minimum absolute atomic E-state index is 0.0607. The summed E-state index contributed by atoms with van der Waals surface area (Å²) < 4.78 is 5.60. The molecule has 0 bridgehead atoms. The molecule has 0 saturated carbocycles. The predicted octanol–water partition coefficient (Wildman–Crippen LogP) is 3.65. The zero-order chi connectivity index (χ0) is 16.7. The van der Waals surface area contributed by atoms with Crippen LogP contribution in [0.2, 0.25) is 0 Å². The summed E-state index contributed by atoms with van der Waals surface area (Å²) in [6, 6.07) is 15.6. The first-order chi connectivity index (χ1) is 11.1. The summed E-state index contributed by atoms with van der Waals surface area (Å²) in [4.78, 5) is 11.8. The Morgan fingerprint density at radius 2 is 1.87 bits per heavy atom. The van der Waals surface area contributed by atoms with E-state index in [0.717, 1.165) is 22.4 Å². The minimum Gasteiger partial charge on any atom is -0.483 e. The van der Waals surface area contributed by atoms with E-state index in [-0.39, 0.29) is 12.5 Å². The van der Waals surface area contributed by atoms with Crippen LogP contribution in [0.1, 0.15) is 36.5 Å². The summed E-state index contributed by atoms with van der Waals surface area (Å²) in [5.41, 5.74) is 5.65. The maximum absolute atomic E-state index is 11.8. The van der Waals surface area contributed by atoms with Crippen LogP contribution in [0, 0.1) is 6.92 Å². The van der Waals surface area contributed by atoms with Crippen LogP contribution >= 0.6 is 0 Å². The van der Waals surface area contributed by atoms with Crippen molar-refractivity contribution in [3.8, 4) is 5.75 Å². The van der Waals surface area contributed by atoms with Crippen molar-refractivity contribution < 1.29 is 9.53 Å². The van der Waals surface area contributed by atoms with Gasteiger partial charge in [-0.15, -0.1) is 0 Å². The molecule has 0 aliphatic rings. The van der Waals surface area contributed by atoms with Crippen LogP contribution < -0.4 is 10.2 Å². The van der Waals surface area contributed by atoms with Gasteiger partial charge in [0.15, 0.2) is 6.61 Å². The monoisotopic (exact) mass is 310 g/mol. The van der Waals surface area contributed by atoms with Crippen molar-refractivity contribution in [1.82, 2.24) is 5.43 Å². The molecular formula is C19H22N2O2. The van der Waals surface area contributed by atoms with Gasteiger partial charge in [-0.2, -0.15) is 5.10 Å². The van der Waals surface area contributed by atoms with Crippen LogP contribution in [0.4, 0.5) is 0 Å². The van der Waals surface area contributed by atoms with Crippen LogP contribution in [0.5, 0.6) is 5.75 Å². The molecule has 2 aromatic carbocycles. The fourth-order valence-corrected chi connectivity index (χ4v) is 2.17. The Kier molecular flexibility index (Phi) is 5.92. The van der Waals surface area contributed by atoms with E-state index in [1.807, 2.05) is 55.5 Å². The third kappa shape index (κ3) is 4.95. The molecule has 0 aromatic heterocycles. The molecule has 0 saturated heterocycles. The number of hydrogen-bond donors (Lipinski definition) is 1. The van der Waals surface area contributed by atoms with Crippen molar-refractivity contribution in [3.63, 3.8) is 0 Å². The van der Waals surface area contributed by atoms with Crippen LogP contribution in [-0.2, 0) is 4.79 Å². The lowest BCUT2D eigenvalue weighted by molar-refractivity contribution is -0.123. The van der Waals surface area contributed by atoms with E-state index >= 15 is 0 Å². The van der Waals surface area contributed by atoms with E-state index in [9.17, 15) is 4.79 Å². The molecule has 1 amide bonds. The smallest absolute Gasteiger partial charge is 0.277 e. The second kappa shape index (κ2) is 8.13. The molecule has 4 heteroatoms. The Morgan fingerprint density at radius 3 is 2.61 bits per heavy atom. The lowest BCUT2D eigenvalue weighted by atomic mass is 10.0. The van der Waals surface area contributed by atoms with Gasteiger partial charge in [0.2, 0.25) is 0 Å². The third-order valence-corrected chi connectivity index (χ3v) is 3.48. The zero-order valence-corrected chi connectivity index (χ0v) is 13.7. The Morgan fingerprint density at radius 1 is 1.17 bits per heavy atom. The van der Waals surface area contributed by atoms with Gasteiger partial charge >= 0.3 is 0 Å². The number of para-hydroxylation sites is 1. The van der Waals surface area contributed by atoms with E-state index in [0.29, 0.717) is 5.92 Å². The number of nitrogens with one attached hydrogen (secondary N) is 1. The van der Waals surface area contributed by atoms with Gasteiger partial charge in [0, 0.05) is 0 Å². The highest BCUT2D eigenvalue weighted by Crippen LogP contribution is 2.25. The standard InChI is InChI=1S/C19H22N2O2/c1-14(2)17-10-6-7-11-18(17)23-13-19(22)21-20-12-16-9-5-4-8-15(16)3/h4-12,14H,13H2,1-3H3,(H,21,22). The van der Waals surface area contributed by atoms with Crippen molar-refractivity contribution in [2.75, 3.05) is 6.61 Å². The number of ether oxygens (including phenoxy) is 1. The first-order valence-corrected chi connectivity index (χ1v) is 7.67. The summed E-state index contributed by atoms with van der Waals surface area (Å²) in [6.07, 6.45) is 1.63. The lowest BCUT2D eigenvalue weighted by Crippen LogP contribution is -2.25. The number of carbonyl (C=O) groups is 1. The molecule has 2 aromatic rings. The van der Waals surface area contributed by atoms with Crippen LogP contribution in [-0.4, -0.2) is 18.7 Å². The van der Waals surface area contributed by atoms with E-state index < -0.39 is 0 Å². The quantitative estimate of drug-likeness (QED) is 0.654. The van der Waals surface area contributed by atoms with Crippen molar-refractivity contribution in [2.24, 2.45) is 5.10 Å². The van der Waals surface area contributed by atoms with Crippen LogP contribution in [0.15, 0.2) is 53.6 Å². The summed E-state index contributed by atoms with van der Waals surface area (Å²) >= 11 is 0. The third-order valence-electron chi connectivity index (χ3n) is 3.48. The number of amides is 1. The van der Waals surface area contributed by atoms with Crippen LogP contribution in [0.25, 0.3) is 0 Å². The molecule has 0 heterocycles. The first kappa shape index (κ1) is 16.7. The van der Waals surface area contributed by atoms with Gasteiger partial charge in [-0.25, -0.2) is 5.43 Å². The van der Waals surface area contributed by atoms with Gasteiger partial charge in [0.25, 0.3) is 5.91 Å². The lowest BCUT2D eigenvalue weighted by Gasteiger charge is -2.13. The average molecular weight is 310 g/mol. The normalized spacial score (nSPS) is 11.0. The molecule has 0 spiro atoms. The fraction of sp³-hybridized carbons (Fsp3) is 0.263. The Bertz CT molecular complexity index is 693. The highest BCUT2D eigenvalue weighted by molar-refractivity contribution is 5.84. The molecule has 23 heavy (non-hydrogen) atoms. The predicted molar refractivity (Wildman–Crippen MR) is 92.9 cm³/mol. The summed E-state index contributed by atoms with van der Waals surface area (Å²) in [6.45, 7) is 6.12. The number of hydrogen-bond acceptors (Lipinski definition) is 3. The summed E-state index contributed by atoms with van der Waals surface area (Å²) in [5, 5.41) is 3.97. The number of aryl methyl sites for hydroxylation is 1. The maximum Gasteiger partial charge on any atom is 0.277 e. The van der Waals surface area contributed by atoms with E-state index in [1.165, 1.54) is 0 Å². The van der Waals surface area contributed by atoms with Crippen molar-refractivity contribution in [1.29, 1.82) is 0 Å². The molecule has 120 valence electrons. The van der Waals surface area contributed by atoms with Crippen LogP contribution in [0.3, 0.4) is 0 Å². The highest BCUT2D eigenvalue weighted by Gasteiger charge is 2.08. The SMILES string of the molecule is Cc1ccccc1C=NNC(=O)COc1ccccc1C(C)C. The second-order valence-corrected chi connectivity index (χ2v) is 5.63. The van der Waals surface area contributed by atoms with E-state index in [2.05, 4.69) is 24.4 Å². The first-order valence-electron chi connectivity index (χ1n) is 7.67. The molecule has 0 unspecified atom stereocenters. The van der Waals surface area contributed by atoms with Crippen molar-refractivity contribution in [3.05, 3.63) is 65.2 Å². The number of nitrogens with zero attached hydrogens (tertiary/aromatic N) is 1. The van der Waals surface area contributed by atoms with E-state index in [1.54, 1.807) is 6.21 Å². The molecule has 4 nitrogen and oxygen atoms in total. The average Bonchev–Trinajstić information content (AvgIpc) is 2.55. The summed E-state index contributed by atoms with van der Waals surface area (Å²) in [7, 11) is 0. The molecule has 0 aliphatic carbocycles. The second-order valence-electron chi connectivity index (χ2n) is 5.63. The molecule has 2 rings (SSSR count). The van der Waals surface area contributed by atoms with E-state index in [4.69, 9.17) is 4.74 Å². The summed E-state index contributed by atoms with van der Waals surface area (Å²) in [5.74, 6) is 0.794. The maximum atomic E-state index is 11.8. The van der Waals surface area contributed by atoms with Gasteiger partial charge in [-0.05, 0) is 35.6 Å². The molecular weight excluding hydrogens is 288 g/mol. The van der Waals surface area contributed by atoms with Crippen molar-refractivity contribution >= 4 is 12.1 Å². The number of hydrazone groups is 1. The molecule has 1 N–H and O–H groups in total. The van der Waals surface area contributed by atoms with Gasteiger partial charge in [-0.3, -0.25) is 4.79 Å². The van der Waals surface area contributed by atoms with Crippen molar-refractivity contribution in [2.45, 2.75) is 26.7 Å². The van der Waals surface area contributed by atoms with Gasteiger partial charge in [-0.1, -0.05) is 56.3 Å². The Hall–Kier alpha value is -2.62. The molecule has 0 fully saturated rings. The fourth-order valence-electron chi connectivity index (χ4n) is 2.17. The number of carbonyl (C=O) groups excluding carboxylic acids is 1. The van der Waals surface area contributed by atoms with Gasteiger partial charge in [0.05, 0.1) is 6.21 Å². The minimum atomic E-state index is -0.284. The largest absolute Gasteiger partial charge is 0.483 e. The molecule has 0 radical (unpaired) electrons. The Labute approximate surface area is 137 Å². The topological polar surface area (TPSA) is 50.7 Å². The highest BCUT2D eigenvalue weighted by atomic mass is 16.5. The van der Waals surface area contributed by atoms with Gasteiger partial charge < -0.3 is 4.74 Å². The Balaban J connectivity index is 1.88. The number of rotatable bonds is 6. The molecule has 0 aliphatic heterocycles. The molecule has 0 atom stereocenters. The number of benzene rings is 2. The zero-order valence-electron chi connectivity index (χ0n) is 13.7.